The van der Waals surface area contributed by atoms with Crippen LogP contribution in [0.25, 0.3) is 5.69 Å². The average Bonchev–Trinajstić information content (AvgIpc) is 3.16. The standard InChI is InChI=1S/C21H24ClN7O5/c1-12(30)34-21-7-14(21)9-28(20(32)16-10-33-5-4-23-16)18(21)19(31)24-8-13-6-15(22)2-3-17(13)29-11-25-26-27-29/h2-3,6,11,14,16,18,23H,4-5,7-10H2,1H3,(H,24,31)/t14-,16+,18+,21-/m0/s1. The van der Waals surface area contributed by atoms with Gasteiger partial charge in [0.25, 0.3) is 0 Å². The number of ether oxygens (including phenoxy) is 2. The first-order valence-corrected chi connectivity index (χ1v) is 11.4. The van der Waals surface area contributed by atoms with E-state index in [0.29, 0.717) is 42.4 Å². The Morgan fingerprint density at radius 3 is 2.94 bits per heavy atom. The third-order valence-corrected chi connectivity index (χ3v) is 6.70. The van der Waals surface area contributed by atoms with Crippen LogP contribution in [0, 0.1) is 5.92 Å². The second kappa shape index (κ2) is 8.93. The second-order valence-corrected chi connectivity index (χ2v) is 9.11. The van der Waals surface area contributed by atoms with Gasteiger partial charge in [0, 0.05) is 37.5 Å². The van der Waals surface area contributed by atoms with Crippen LogP contribution >= 0.6 is 11.6 Å². The molecule has 12 nitrogen and oxygen atoms in total. The minimum absolute atomic E-state index is 0.0800. The number of amides is 2. The number of hydrogen-bond donors (Lipinski definition) is 2. The van der Waals surface area contributed by atoms with Gasteiger partial charge in [0.1, 0.15) is 18.0 Å². The molecule has 2 aliphatic heterocycles. The molecule has 34 heavy (non-hydrogen) atoms. The van der Waals surface area contributed by atoms with Crippen LogP contribution in [0.3, 0.4) is 0 Å². The van der Waals surface area contributed by atoms with Gasteiger partial charge in [-0.1, -0.05) is 11.6 Å². The molecule has 1 saturated carbocycles. The second-order valence-electron chi connectivity index (χ2n) is 8.67. The highest BCUT2D eigenvalue weighted by atomic mass is 35.5. The summed E-state index contributed by atoms with van der Waals surface area (Å²) in [6.45, 7) is 3.07. The number of rotatable bonds is 6. The van der Waals surface area contributed by atoms with E-state index >= 15 is 0 Å². The Kier molecular flexibility index (Phi) is 5.96. The van der Waals surface area contributed by atoms with Crippen LogP contribution in [0.1, 0.15) is 18.9 Å². The van der Waals surface area contributed by atoms with E-state index in [1.165, 1.54) is 22.8 Å². The Balaban J connectivity index is 1.37. The van der Waals surface area contributed by atoms with Gasteiger partial charge in [0.05, 0.1) is 18.9 Å². The Morgan fingerprint density at radius 2 is 2.24 bits per heavy atom. The molecule has 1 aliphatic carbocycles. The molecule has 3 fully saturated rings. The van der Waals surface area contributed by atoms with Crippen molar-refractivity contribution in [2.24, 2.45) is 5.92 Å². The molecule has 0 bridgehead atoms. The zero-order valence-corrected chi connectivity index (χ0v) is 19.2. The van der Waals surface area contributed by atoms with Gasteiger partial charge >= 0.3 is 5.97 Å². The van der Waals surface area contributed by atoms with Crippen LogP contribution in [-0.4, -0.2) is 86.9 Å². The van der Waals surface area contributed by atoms with Crippen LogP contribution < -0.4 is 10.6 Å². The molecule has 2 aromatic rings. The van der Waals surface area contributed by atoms with Crippen molar-refractivity contribution in [3.8, 4) is 5.69 Å². The molecule has 13 heteroatoms. The van der Waals surface area contributed by atoms with Crippen molar-refractivity contribution in [2.45, 2.75) is 37.6 Å². The summed E-state index contributed by atoms with van der Waals surface area (Å²) in [5, 5.41) is 17.7. The van der Waals surface area contributed by atoms with E-state index in [1.54, 1.807) is 18.2 Å². The number of likely N-dealkylation sites (tertiary alicyclic amines) is 1. The van der Waals surface area contributed by atoms with Gasteiger partial charge in [-0.25, -0.2) is 4.68 Å². The van der Waals surface area contributed by atoms with Crippen LogP contribution in [0.4, 0.5) is 0 Å². The predicted octanol–water partition coefficient (Wildman–Crippen LogP) is -0.547. The molecular formula is C21H24ClN7O5. The molecule has 0 spiro atoms. The number of halogens is 1. The lowest BCUT2D eigenvalue weighted by atomic mass is 10.1. The van der Waals surface area contributed by atoms with Crippen LogP contribution in [-0.2, 0) is 30.4 Å². The molecule has 0 radical (unpaired) electrons. The first-order valence-electron chi connectivity index (χ1n) is 11.0. The predicted molar refractivity (Wildman–Crippen MR) is 117 cm³/mol. The van der Waals surface area contributed by atoms with Gasteiger partial charge < -0.3 is 25.0 Å². The van der Waals surface area contributed by atoms with E-state index in [2.05, 4.69) is 26.2 Å². The fraction of sp³-hybridized carbons (Fsp3) is 0.524. The van der Waals surface area contributed by atoms with Gasteiger partial charge in [-0.05, 0) is 40.6 Å². The normalized spacial score (nSPS) is 27.7. The number of benzene rings is 1. The molecule has 2 saturated heterocycles. The summed E-state index contributed by atoms with van der Waals surface area (Å²) in [7, 11) is 0. The number of nitrogens with one attached hydrogen (secondary N) is 2. The molecular weight excluding hydrogens is 466 g/mol. The Bertz CT molecular complexity index is 1110. The minimum atomic E-state index is -1.01. The summed E-state index contributed by atoms with van der Waals surface area (Å²) in [5.41, 5.74) is 0.325. The first kappa shape index (κ1) is 22.7. The van der Waals surface area contributed by atoms with Crippen molar-refractivity contribution in [3.05, 3.63) is 35.1 Å². The van der Waals surface area contributed by atoms with Crippen molar-refractivity contribution < 1.29 is 23.9 Å². The Labute approximate surface area is 199 Å². The maximum Gasteiger partial charge on any atom is 0.303 e. The quantitative estimate of drug-likeness (QED) is 0.511. The monoisotopic (exact) mass is 489 g/mol. The van der Waals surface area contributed by atoms with E-state index in [9.17, 15) is 14.4 Å². The smallest absolute Gasteiger partial charge is 0.303 e. The van der Waals surface area contributed by atoms with Crippen molar-refractivity contribution >= 4 is 29.4 Å². The number of morpholine rings is 1. The molecule has 0 unspecified atom stereocenters. The summed E-state index contributed by atoms with van der Waals surface area (Å²) in [6.07, 6.45) is 1.98. The van der Waals surface area contributed by atoms with Crippen molar-refractivity contribution in [1.29, 1.82) is 0 Å². The van der Waals surface area contributed by atoms with Gasteiger partial charge in [-0.3, -0.25) is 14.4 Å². The first-order chi connectivity index (χ1) is 16.4. The van der Waals surface area contributed by atoms with Gasteiger partial charge in [0.2, 0.25) is 11.8 Å². The fourth-order valence-corrected chi connectivity index (χ4v) is 5.10. The summed E-state index contributed by atoms with van der Waals surface area (Å²) in [4.78, 5) is 40.1. The molecule has 3 aliphatic rings. The SMILES string of the molecule is CC(=O)O[C@@]12C[C@H]1CN(C(=O)[C@H]1COCCN1)[C@@H]2C(=O)NCc1cc(Cl)ccc1-n1cnnn1. The van der Waals surface area contributed by atoms with Gasteiger partial charge in [-0.2, -0.15) is 0 Å². The molecule has 2 amide bonds. The lowest BCUT2D eigenvalue weighted by molar-refractivity contribution is -0.158. The third kappa shape index (κ3) is 4.12. The lowest BCUT2D eigenvalue weighted by Gasteiger charge is -2.34. The summed E-state index contributed by atoms with van der Waals surface area (Å²) in [5.74, 6) is -1.21. The van der Waals surface area contributed by atoms with Crippen molar-refractivity contribution in [3.63, 3.8) is 0 Å². The maximum absolute atomic E-state index is 13.5. The highest BCUT2D eigenvalue weighted by Crippen LogP contribution is 2.56. The van der Waals surface area contributed by atoms with E-state index in [4.69, 9.17) is 21.1 Å². The lowest BCUT2D eigenvalue weighted by Crippen LogP contribution is -2.59. The zero-order chi connectivity index (χ0) is 23.9. The molecule has 2 N–H and O–H groups in total. The topological polar surface area (TPSA) is 141 Å². The van der Waals surface area contributed by atoms with Crippen LogP contribution in [0.2, 0.25) is 5.02 Å². The number of tetrazole rings is 1. The number of aromatic nitrogens is 4. The molecule has 4 atom stereocenters. The van der Waals surface area contributed by atoms with Crippen molar-refractivity contribution in [1.82, 2.24) is 35.7 Å². The number of carbonyl (C=O) groups excluding carboxylic acids is 3. The van der Waals surface area contributed by atoms with Gasteiger partial charge in [0.15, 0.2) is 6.04 Å². The summed E-state index contributed by atoms with van der Waals surface area (Å²) >= 11 is 6.18. The molecule has 3 heterocycles. The molecule has 180 valence electrons. The third-order valence-electron chi connectivity index (χ3n) is 6.46. The van der Waals surface area contributed by atoms with Gasteiger partial charge in [-0.15, -0.1) is 5.10 Å². The number of fused-ring (bicyclic) bond motifs is 1. The van der Waals surface area contributed by atoms with Crippen LogP contribution in [0.15, 0.2) is 24.5 Å². The van der Waals surface area contributed by atoms with Crippen molar-refractivity contribution in [2.75, 3.05) is 26.3 Å². The Hall–Kier alpha value is -3.09. The fourth-order valence-electron chi connectivity index (χ4n) is 4.91. The molecule has 5 rings (SSSR count). The van der Waals surface area contributed by atoms with E-state index in [-0.39, 0.29) is 25.0 Å². The average molecular weight is 490 g/mol. The number of piperidine rings is 1. The number of esters is 1. The number of nitrogens with zero attached hydrogens (tertiary/aromatic N) is 5. The van der Waals surface area contributed by atoms with E-state index in [1.807, 2.05) is 0 Å². The highest BCUT2D eigenvalue weighted by Gasteiger charge is 2.72. The van der Waals surface area contributed by atoms with E-state index < -0.39 is 29.6 Å². The maximum atomic E-state index is 13.5. The molecule has 1 aromatic heterocycles. The molecule has 1 aromatic carbocycles. The van der Waals surface area contributed by atoms with E-state index in [0.717, 1.165) is 0 Å². The number of hydrogen-bond acceptors (Lipinski definition) is 9. The largest absolute Gasteiger partial charge is 0.456 e. The summed E-state index contributed by atoms with van der Waals surface area (Å²) in [6, 6.07) is 3.67. The van der Waals surface area contributed by atoms with Crippen LogP contribution in [0.5, 0.6) is 0 Å². The highest BCUT2D eigenvalue weighted by molar-refractivity contribution is 6.30. The zero-order valence-electron chi connectivity index (χ0n) is 18.4. The Morgan fingerprint density at radius 1 is 1.38 bits per heavy atom. The summed E-state index contributed by atoms with van der Waals surface area (Å²) < 4.78 is 12.5. The number of carbonyl (C=O) groups is 3. The minimum Gasteiger partial charge on any atom is -0.456 e.